The number of rotatable bonds is 4. The van der Waals surface area contributed by atoms with Crippen LogP contribution in [-0.4, -0.2) is 13.4 Å². The van der Waals surface area contributed by atoms with Crippen molar-refractivity contribution in [1.82, 2.24) is 9.71 Å². The predicted octanol–water partition coefficient (Wildman–Crippen LogP) is 2.32. The second-order valence-electron chi connectivity index (χ2n) is 5.11. The number of benzene rings is 1. The number of anilines is 1. The Labute approximate surface area is 125 Å². The molecule has 0 fully saturated rings. The van der Waals surface area contributed by atoms with E-state index in [1.807, 2.05) is 13.0 Å². The van der Waals surface area contributed by atoms with Crippen molar-refractivity contribution >= 4 is 15.7 Å². The minimum Gasteiger partial charge on any atom is -0.398 e. The fourth-order valence-corrected chi connectivity index (χ4v) is 3.72. The van der Waals surface area contributed by atoms with Crippen molar-refractivity contribution in [3.05, 3.63) is 53.3 Å². The first-order valence-corrected chi connectivity index (χ1v) is 8.08. The molecule has 0 aliphatic heterocycles. The van der Waals surface area contributed by atoms with Crippen LogP contribution in [0.1, 0.15) is 29.7 Å². The van der Waals surface area contributed by atoms with Gasteiger partial charge in [0.05, 0.1) is 4.90 Å². The quantitative estimate of drug-likeness (QED) is 0.849. The maximum atomic E-state index is 12.6. The lowest BCUT2D eigenvalue weighted by atomic mass is 10.1. The summed E-state index contributed by atoms with van der Waals surface area (Å²) in [6.45, 7) is 5.31. The number of nitrogens with two attached hydrogens (primary N) is 1. The van der Waals surface area contributed by atoms with Crippen LogP contribution in [0.3, 0.4) is 0 Å². The van der Waals surface area contributed by atoms with Crippen LogP contribution in [0.5, 0.6) is 0 Å². The highest BCUT2D eigenvalue weighted by atomic mass is 32.2. The lowest BCUT2D eigenvalue weighted by Gasteiger charge is -2.16. The minimum absolute atomic E-state index is 0.218. The lowest BCUT2D eigenvalue weighted by Crippen LogP contribution is -2.27. The molecule has 21 heavy (non-hydrogen) atoms. The fraction of sp³-hybridized carbons (Fsp3) is 0.267. The van der Waals surface area contributed by atoms with Gasteiger partial charge in [-0.25, -0.2) is 13.1 Å². The monoisotopic (exact) mass is 305 g/mol. The Kier molecular flexibility index (Phi) is 4.29. The summed E-state index contributed by atoms with van der Waals surface area (Å²) in [6.07, 6.45) is 3.29. The van der Waals surface area contributed by atoms with Gasteiger partial charge in [0.2, 0.25) is 10.0 Å². The number of aromatic nitrogens is 1. The normalized spacial score (nSPS) is 13.1. The van der Waals surface area contributed by atoms with Gasteiger partial charge in [-0.15, -0.1) is 0 Å². The van der Waals surface area contributed by atoms with E-state index >= 15 is 0 Å². The third kappa shape index (κ3) is 3.40. The van der Waals surface area contributed by atoms with E-state index in [1.165, 1.54) is 0 Å². The van der Waals surface area contributed by atoms with Crippen LogP contribution in [0.2, 0.25) is 0 Å². The van der Waals surface area contributed by atoms with Gasteiger partial charge in [0, 0.05) is 24.1 Å². The van der Waals surface area contributed by atoms with Gasteiger partial charge in [-0.2, -0.15) is 0 Å². The number of nitrogen functional groups attached to an aromatic ring is 1. The summed E-state index contributed by atoms with van der Waals surface area (Å²) in [5.41, 5.74) is 8.51. The maximum absolute atomic E-state index is 12.6. The second kappa shape index (κ2) is 5.83. The number of sulfonamides is 1. The molecule has 0 aliphatic rings. The molecule has 2 rings (SSSR count). The molecule has 1 atom stereocenters. The largest absolute Gasteiger partial charge is 0.398 e. The molecular formula is C15H19N3O2S. The zero-order valence-electron chi connectivity index (χ0n) is 12.3. The summed E-state index contributed by atoms with van der Waals surface area (Å²) in [4.78, 5) is 4.22. The molecule has 0 spiro atoms. The number of aryl methyl sites for hydroxylation is 1. The van der Waals surface area contributed by atoms with Crippen molar-refractivity contribution in [1.29, 1.82) is 0 Å². The Hall–Kier alpha value is -1.92. The first-order chi connectivity index (χ1) is 9.81. The predicted molar refractivity (Wildman–Crippen MR) is 83.3 cm³/mol. The molecule has 0 bridgehead atoms. The second-order valence-corrected chi connectivity index (χ2v) is 6.79. The Balaban J connectivity index is 2.35. The molecule has 1 unspecified atom stereocenters. The third-order valence-electron chi connectivity index (χ3n) is 3.35. The highest BCUT2D eigenvalue weighted by molar-refractivity contribution is 7.89. The van der Waals surface area contributed by atoms with E-state index in [-0.39, 0.29) is 10.9 Å². The average molecular weight is 305 g/mol. The zero-order chi connectivity index (χ0) is 15.6. The summed E-state index contributed by atoms with van der Waals surface area (Å²) in [5.74, 6) is 0. The topological polar surface area (TPSA) is 85.1 Å². The van der Waals surface area contributed by atoms with Gasteiger partial charge < -0.3 is 5.73 Å². The summed E-state index contributed by atoms with van der Waals surface area (Å²) in [6, 6.07) is 6.63. The number of hydrogen-bond acceptors (Lipinski definition) is 4. The van der Waals surface area contributed by atoms with Gasteiger partial charge >= 0.3 is 0 Å². The van der Waals surface area contributed by atoms with Crippen molar-refractivity contribution < 1.29 is 8.42 Å². The molecule has 2 aromatic rings. The van der Waals surface area contributed by atoms with Crippen molar-refractivity contribution in [2.24, 2.45) is 0 Å². The highest BCUT2D eigenvalue weighted by Gasteiger charge is 2.21. The summed E-state index contributed by atoms with van der Waals surface area (Å²) < 4.78 is 27.8. The standard InChI is InChI=1S/C15H19N3O2S/c1-10-7-14(16)11(2)15(8-10)21(19,20)18-12(3)13-5-4-6-17-9-13/h4-9,12,18H,16H2,1-3H3. The van der Waals surface area contributed by atoms with Gasteiger partial charge in [0.1, 0.15) is 0 Å². The number of nitrogens with zero attached hydrogens (tertiary/aromatic N) is 1. The summed E-state index contributed by atoms with van der Waals surface area (Å²) in [5, 5.41) is 0. The van der Waals surface area contributed by atoms with Gasteiger partial charge in [0.25, 0.3) is 0 Å². The number of nitrogens with one attached hydrogen (secondary N) is 1. The molecule has 0 amide bonds. The van der Waals surface area contributed by atoms with Crippen LogP contribution in [0.15, 0.2) is 41.6 Å². The van der Waals surface area contributed by atoms with Crippen LogP contribution in [0, 0.1) is 13.8 Å². The molecule has 5 nitrogen and oxygen atoms in total. The first-order valence-electron chi connectivity index (χ1n) is 6.60. The Morgan fingerprint density at radius 3 is 2.62 bits per heavy atom. The van der Waals surface area contributed by atoms with Crippen LogP contribution in [-0.2, 0) is 10.0 Å². The van der Waals surface area contributed by atoms with E-state index in [4.69, 9.17) is 5.73 Å². The average Bonchev–Trinajstić information content (AvgIpc) is 2.43. The molecule has 1 aromatic heterocycles. The van der Waals surface area contributed by atoms with Gasteiger partial charge in [-0.1, -0.05) is 6.07 Å². The Morgan fingerprint density at radius 1 is 1.29 bits per heavy atom. The molecule has 1 heterocycles. The van der Waals surface area contributed by atoms with E-state index < -0.39 is 10.0 Å². The van der Waals surface area contributed by atoms with Gasteiger partial charge in [-0.3, -0.25) is 4.98 Å². The van der Waals surface area contributed by atoms with E-state index in [0.29, 0.717) is 11.3 Å². The SMILES string of the molecule is Cc1cc(N)c(C)c(S(=O)(=O)NC(C)c2cccnc2)c1. The molecule has 0 saturated heterocycles. The van der Waals surface area contributed by atoms with E-state index in [2.05, 4.69) is 9.71 Å². The third-order valence-corrected chi connectivity index (χ3v) is 5.02. The van der Waals surface area contributed by atoms with Crippen molar-refractivity contribution in [2.75, 3.05) is 5.73 Å². The molecule has 0 saturated carbocycles. The molecule has 112 valence electrons. The van der Waals surface area contributed by atoms with Crippen molar-refractivity contribution in [2.45, 2.75) is 31.7 Å². The van der Waals surface area contributed by atoms with E-state index in [1.54, 1.807) is 44.4 Å². The highest BCUT2D eigenvalue weighted by Crippen LogP contribution is 2.24. The first kappa shape index (κ1) is 15.5. The Bertz CT molecular complexity index is 743. The molecular weight excluding hydrogens is 286 g/mol. The van der Waals surface area contributed by atoms with Crippen molar-refractivity contribution in [3.8, 4) is 0 Å². The van der Waals surface area contributed by atoms with E-state index in [0.717, 1.165) is 11.1 Å². The molecule has 3 N–H and O–H groups in total. The van der Waals surface area contributed by atoms with Crippen LogP contribution in [0.4, 0.5) is 5.69 Å². The summed E-state index contributed by atoms with van der Waals surface area (Å²) in [7, 11) is -3.64. The lowest BCUT2D eigenvalue weighted by molar-refractivity contribution is 0.566. The van der Waals surface area contributed by atoms with Crippen molar-refractivity contribution in [3.63, 3.8) is 0 Å². The fourth-order valence-electron chi connectivity index (χ4n) is 2.13. The molecule has 6 heteroatoms. The number of pyridine rings is 1. The zero-order valence-corrected chi connectivity index (χ0v) is 13.1. The minimum atomic E-state index is -3.64. The van der Waals surface area contributed by atoms with E-state index in [9.17, 15) is 8.42 Å². The Morgan fingerprint density at radius 2 is 2.00 bits per heavy atom. The van der Waals surface area contributed by atoms with Crippen LogP contribution in [0.25, 0.3) is 0 Å². The number of hydrogen-bond donors (Lipinski definition) is 2. The maximum Gasteiger partial charge on any atom is 0.241 e. The molecule has 1 aromatic carbocycles. The van der Waals surface area contributed by atoms with Gasteiger partial charge in [0.15, 0.2) is 0 Å². The van der Waals surface area contributed by atoms with Crippen LogP contribution < -0.4 is 10.5 Å². The van der Waals surface area contributed by atoms with Crippen LogP contribution >= 0.6 is 0 Å². The smallest absolute Gasteiger partial charge is 0.241 e. The molecule has 0 aliphatic carbocycles. The van der Waals surface area contributed by atoms with Gasteiger partial charge in [-0.05, 0) is 55.7 Å². The summed E-state index contributed by atoms with van der Waals surface area (Å²) >= 11 is 0. The molecule has 0 radical (unpaired) electrons.